The molecule has 0 aliphatic carbocycles. The Hall–Kier alpha value is -0.660. The summed E-state index contributed by atoms with van der Waals surface area (Å²) >= 11 is 3.25. The van der Waals surface area contributed by atoms with E-state index in [1.807, 2.05) is 6.07 Å². The van der Waals surface area contributed by atoms with Crippen molar-refractivity contribution in [2.75, 3.05) is 26.2 Å². The molecule has 1 fully saturated rings. The highest BCUT2D eigenvalue weighted by Gasteiger charge is 2.31. The van der Waals surface area contributed by atoms with Crippen LogP contribution < -0.4 is 5.32 Å². The molecule has 2 heterocycles. The molecule has 0 aromatic carbocycles. The van der Waals surface area contributed by atoms with Gasteiger partial charge in [0.05, 0.1) is 0 Å². The quantitative estimate of drug-likeness (QED) is 0.844. The summed E-state index contributed by atoms with van der Waals surface area (Å²) in [6, 6.07) is 3.40. The van der Waals surface area contributed by atoms with E-state index in [2.05, 4.69) is 31.1 Å². The first-order valence-corrected chi connectivity index (χ1v) is 7.38. The highest BCUT2D eigenvalue weighted by molar-refractivity contribution is 9.10. The zero-order chi connectivity index (χ0) is 14.6. The molecule has 0 radical (unpaired) electrons. The Morgan fingerprint density at radius 3 is 2.55 bits per heavy atom. The van der Waals surface area contributed by atoms with Gasteiger partial charge in [-0.05, 0) is 34.0 Å². The Bertz CT molecular complexity index is 416. The second-order valence-electron chi connectivity index (χ2n) is 4.87. The van der Waals surface area contributed by atoms with Crippen molar-refractivity contribution < 1.29 is 13.2 Å². The van der Waals surface area contributed by atoms with Crippen molar-refractivity contribution in [2.45, 2.75) is 25.1 Å². The van der Waals surface area contributed by atoms with E-state index >= 15 is 0 Å². The molecule has 0 saturated carbocycles. The van der Waals surface area contributed by atoms with Crippen molar-refractivity contribution in [1.82, 2.24) is 15.2 Å². The predicted octanol–water partition coefficient (Wildman–Crippen LogP) is 3.13. The highest BCUT2D eigenvalue weighted by atomic mass is 79.9. The lowest BCUT2D eigenvalue weighted by Crippen LogP contribution is -2.45. The lowest BCUT2D eigenvalue weighted by atomic mass is 10.0. The van der Waals surface area contributed by atoms with Crippen molar-refractivity contribution in [1.29, 1.82) is 0 Å². The van der Waals surface area contributed by atoms with Gasteiger partial charge in [0.2, 0.25) is 0 Å². The molecular weight excluding hydrogens is 335 g/mol. The van der Waals surface area contributed by atoms with Gasteiger partial charge in [0.15, 0.2) is 0 Å². The van der Waals surface area contributed by atoms with Crippen LogP contribution in [0.5, 0.6) is 0 Å². The molecule has 0 unspecified atom stereocenters. The van der Waals surface area contributed by atoms with Gasteiger partial charge in [-0.1, -0.05) is 6.07 Å². The minimum Gasteiger partial charge on any atom is -0.314 e. The Morgan fingerprint density at radius 1 is 1.30 bits per heavy atom. The summed E-state index contributed by atoms with van der Waals surface area (Å²) < 4.78 is 38.2. The fraction of sp³-hybridized carbons (Fsp3) is 0.615. The van der Waals surface area contributed by atoms with Crippen molar-refractivity contribution in [3.05, 3.63) is 28.5 Å². The molecule has 0 bridgehead atoms. The summed E-state index contributed by atoms with van der Waals surface area (Å²) in [5.41, 5.74) is 0.847. The Morgan fingerprint density at radius 2 is 2.00 bits per heavy atom. The van der Waals surface area contributed by atoms with Crippen LogP contribution in [0.15, 0.2) is 22.9 Å². The lowest BCUT2D eigenvalue weighted by Gasteiger charge is -2.35. The van der Waals surface area contributed by atoms with Gasteiger partial charge >= 0.3 is 6.18 Å². The molecule has 20 heavy (non-hydrogen) atoms. The molecule has 1 aromatic heterocycles. The van der Waals surface area contributed by atoms with Gasteiger partial charge in [-0.15, -0.1) is 0 Å². The maximum atomic E-state index is 12.5. The van der Waals surface area contributed by atoms with E-state index in [0.717, 1.165) is 31.7 Å². The number of halogens is 4. The van der Waals surface area contributed by atoms with Gasteiger partial charge in [0.1, 0.15) is 4.60 Å². The van der Waals surface area contributed by atoms with E-state index in [9.17, 15) is 13.2 Å². The predicted molar refractivity (Wildman–Crippen MR) is 74.4 cm³/mol. The second kappa shape index (κ2) is 6.87. The molecule has 2 rings (SSSR count). The minimum absolute atomic E-state index is 0.0762. The number of hydrogen-bond acceptors (Lipinski definition) is 3. The first-order chi connectivity index (χ1) is 9.46. The molecule has 1 aliphatic rings. The molecule has 0 spiro atoms. The largest absolute Gasteiger partial charge is 0.389 e. The molecule has 7 heteroatoms. The molecule has 1 aromatic rings. The number of hydrogen-bond donors (Lipinski definition) is 1. The van der Waals surface area contributed by atoms with Crippen LogP contribution in [0.2, 0.25) is 0 Å². The Kier molecular flexibility index (Phi) is 5.40. The SMILES string of the molecule is FC(F)(F)CC[C@@H](c1ccc(Br)nc1)N1CCNCC1. The Labute approximate surface area is 124 Å². The molecule has 1 atom stereocenters. The molecule has 112 valence electrons. The smallest absolute Gasteiger partial charge is 0.314 e. The number of alkyl halides is 3. The van der Waals surface area contributed by atoms with E-state index < -0.39 is 12.6 Å². The number of aromatic nitrogens is 1. The van der Waals surface area contributed by atoms with Crippen LogP contribution in [0.25, 0.3) is 0 Å². The van der Waals surface area contributed by atoms with Crippen molar-refractivity contribution >= 4 is 15.9 Å². The molecular formula is C13H17BrF3N3. The van der Waals surface area contributed by atoms with E-state index in [1.54, 1.807) is 12.3 Å². The average molecular weight is 352 g/mol. The number of nitrogens with one attached hydrogen (secondary N) is 1. The van der Waals surface area contributed by atoms with Crippen LogP contribution in [0.1, 0.15) is 24.4 Å². The van der Waals surface area contributed by atoms with Crippen LogP contribution >= 0.6 is 15.9 Å². The third kappa shape index (κ3) is 4.71. The lowest BCUT2D eigenvalue weighted by molar-refractivity contribution is -0.138. The van der Waals surface area contributed by atoms with Gasteiger partial charge in [-0.3, -0.25) is 4.90 Å². The molecule has 1 aliphatic heterocycles. The van der Waals surface area contributed by atoms with Gasteiger partial charge in [-0.25, -0.2) is 4.98 Å². The summed E-state index contributed by atoms with van der Waals surface area (Å²) in [5.74, 6) is 0. The van der Waals surface area contributed by atoms with E-state index in [0.29, 0.717) is 4.60 Å². The summed E-state index contributed by atoms with van der Waals surface area (Å²) in [6.45, 7) is 3.15. The molecule has 0 amide bonds. The first kappa shape index (κ1) is 15.7. The van der Waals surface area contributed by atoms with E-state index in [4.69, 9.17) is 0 Å². The van der Waals surface area contributed by atoms with Crippen LogP contribution in [0.3, 0.4) is 0 Å². The number of piperazine rings is 1. The third-order valence-corrected chi connectivity index (χ3v) is 3.90. The average Bonchev–Trinajstić information content (AvgIpc) is 2.41. The molecule has 3 nitrogen and oxygen atoms in total. The summed E-state index contributed by atoms with van der Waals surface area (Å²) in [7, 11) is 0. The van der Waals surface area contributed by atoms with Crippen LogP contribution in [0, 0.1) is 0 Å². The molecule has 1 N–H and O–H groups in total. The van der Waals surface area contributed by atoms with Crippen molar-refractivity contribution in [2.24, 2.45) is 0 Å². The van der Waals surface area contributed by atoms with Crippen LogP contribution in [-0.4, -0.2) is 42.2 Å². The molecule has 1 saturated heterocycles. The number of nitrogens with zero attached hydrogens (tertiary/aromatic N) is 2. The van der Waals surface area contributed by atoms with Crippen LogP contribution in [-0.2, 0) is 0 Å². The zero-order valence-electron chi connectivity index (χ0n) is 11.0. The maximum Gasteiger partial charge on any atom is 0.389 e. The Balaban J connectivity index is 2.12. The van der Waals surface area contributed by atoms with Gasteiger partial charge in [0.25, 0.3) is 0 Å². The van der Waals surface area contributed by atoms with Crippen molar-refractivity contribution in [3.63, 3.8) is 0 Å². The van der Waals surface area contributed by atoms with Gasteiger partial charge in [0, 0.05) is 44.8 Å². The number of pyridine rings is 1. The summed E-state index contributed by atoms with van der Waals surface area (Å²) in [4.78, 5) is 6.24. The monoisotopic (exact) mass is 351 g/mol. The van der Waals surface area contributed by atoms with Crippen LogP contribution in [0.4, 0.5) is 13.2 Å². The fourth-order valence-electron chi connectivity index (χ4n) is 2.44. The minimum atomic E-state index is -4.12. The zero-order valence-corrected chi connectivity index (χ0v) is 12.5. The normalized spacial score (nSPS) is 19.0. The second-order valence-corrected chi connectivity index (χ2v) is 5.68. The topological polar surface area (TPSA) is 28.2 Å². The highest BCUT2D eigenvalue weighted by Crippen LogP contribution is 2.31. The number of rotatable bonds is 4. The third-order valence-electron chi connectivity index (χ3n) is 3.43. The summed E-state index contributed by atoms with van der Waals surface area (Å²) in [6.07, 6.45) is -3.15. The van der Waals surface area contributed by atoms with E-state index in [-0.39, 0.29) is 12.5 Å². The first-order valence-electron chi connectivity index (χ1n) is 6.59. The van der Waals surface area contributed by atoms with Gasteiger partial charge < -0.3 is 5.32 Å². The van der Waals surface area contributed by atoms with Crippen molar-refractivity contribution in [3.8, 4) is 0 Å². The van der Waals surface area contributed by atoms with Gasteiger partial charge in [-0.2, -0.15) is 13.2 Å². The fourth-order valence-corrected chi connectivity index (χ4v) is 2.67. The standard InChI is InChI=1S/C13H17BrF3N3/c14-12-2-1-10(9-19-12)11(3-4-13(15,16)17)20-7-5-18-6-8-20/h1-2,9,11,18H,3-8H2/t11-/m0/s1. The summed E-state index contributed by atoms with van der Waals surface area (Å²) in [5, 5.41) is 3.22. The maximum absolute atomic E-state index is 12.5. The van der Waals surface area contributed by atoms with E-state index in [1.165, 1.54) is 0 Å².